The van der Waals surface area contributed by atoms with E-state index in [-0.39, 0.29) is 51.1 Å². The van der Waals surface area contributed by atoms with E-state index in [1.807, 2.05) is 6.07 Å². The summed E-state index contributed by atoms with van der Waals surface area (Å²) in [5.41, 5.74) is 17.4. The monoisotopic (exact) mass is 475 g/mol. The van der Waals surface area contributed by atoms with Crippen LogP contribution >= 0.6 is 11.6 Å². The summed E-state index contributed by atoms with van der Waals surface area (Å²) in [6, 6.07) is 6.51. The molecule has 0 radical (unpaired) electrons. The van der Waals surface area contributed by atoms with E-state index in [0.29, 0.717) is 11.3 Å². The first-order chi connectivity index (χ1) is 16.4. The Hall–Kier alpha value is -4.50. The minimum atomic E-state index is -0.531. The van der Waals surface area contributed by atoms with Gasteiger partial charge >= 0.3 is 0 Å². The molecule has 1 aromatic carbocycles. The zero-order valence-electron chi connectivity index (χ0n) is 17.6. The van der Waals surface area contributed by atoms with Crippen molar-refractivity contribution in [2.75, 3.05) is 22.5 Å². The summed E-state index contributed by atoms with van der Waals surface area (Å²) in [5, 5.41) is 13.3. The van der Waals surface area contributed by atoms with Crippen molar-refractivity contribution in [3.05, 3.63) is 57.4 Å². The van der Waals surface area contributed by atoms with Gasteiger partial charge < -0.3 is 22.5 Å². The molecule has 4 aromatic rings. The maximum absolute atomic E-state index is 13.7. The number of halogens is 1. The van der Waals surface area contributed by atoms with Crippen molar-refractivity contribution >= 4 is 45.9 Å². The molecule has 0 amide bonds. The highest BCUT2D eigenvalue weighted by Crippen LogP contribution is 2.43. The van der Waals surface area contributed by atoms with Crippen LogP contribution in [0.25, 0.3) is 16.7 Å². The molecule has 3 aromatic heterocycles. The third-order valence-corrected chi connectivity index (χ3v) is 5.80. The van der Waals surface area contributed by atoms with Gasteiger partial charge in [-0.1, -0.05) is 17.7 Å². The average Bonchev–Trinajstić information content (AvgIpc) is 3.63. The molecule has 0 aliphatic heterocycles. The lowest BCUT2D eigenvalue weighted by molar-refractivity contribution is 0.605. The molecule has 5 rings (SSSR count). The highest BCUT2D eigenvalue weighted by molar-refractivity contribution is 6.35. The van der Waals surface area contributed by atoms with Crippen molar-refractivity contribution in [3.63, 3.8) is 0 Å². The first kappa shape index (κ1) is 21.4. The summed E-state index contributed by atoms with van der Waals surface area (Å²) in [4.78, 5) is 34.8. The minimum absolute atomic E-state index is 0.0462. The molecular formula is C21H18ClN11O. The van der Waals surface area contributed by atoms with E-state index in [2.05, 4.69) is 25.3 Å². The van der Waals surface area contributed by atoms with Crippen LogP contribution in [0.5, 0.6) is 0 Å². The minimum Gasteiger partial charge on any atom is -0.382 e. The summed E-state index contributed by atoms with van der Waals surface area (Å²) >= 11 is 6.35. The van der Waals surface area contributed by atoms with Gasteiger partial charge in [-0.05, 0) is 30.9 Å². The summed E-state index contributed by atoms with van der Waals surface area (Å²) in [7, 11) is 0. The van der Waals surface area contributed by atoms with Gasteiger partial charge in [0.1, 0.15) is 29.1 Å². The van der Waals surface area contributed by atoms with E-state index in [1.165, 1.54) is 17.0 Å². The van der Waals surface area contributed by atoms with Crippen molar-refractivity contribution in [3.8, 4) is 11.9 Å². The molecule has 0 spiro atoms. The molecule has 1 saturated carbocycles. The van der Waals surface area contributed by atoms with Gasteiger partial charge in [0.25, 0.3) is 5.56 Å². The molecule has 34 heavy (non-hydrogen) atoms. The van der Waals surface area contributed by atoms with Crippen LogP contribution in [0.15, 0.2) is 35.4 Å². The van der Waals surface area contributed by atoms with Gasteiger partial charge in [-0.15, -0.1) is 0 Å². The van der Waals surface area contributed by atoms with Gasteiger partial charge in [0, 0.05) is 0 Å². The topological polar surface area (TPSA) is 200 Å². The lowest BCUT2D eigenvalue weighted by Crippen LogP contribution is -2.30. The van der Waals surface area contributed by atoms with Crippen molar-refractivity contribution in [2.24, 2.45) is 5.92 Å². The molecule has 3 heterocycles. The van der Waals surface area contributed by atoms with Crippen LogP contribution in [-0.4, -0.2) is 29.5 Å². The van der Waals surface area contributed by atoms with Crippen LogP contribution in [-0.2, 0) is 0 Å². The molecule has 0 saturated heterocycles. The Labute approximate surface area is 197 Å². The van der Waals surface area contributed by atoms with Gasteiger partial charge in [-0.3, -0.25) is 4.79 Å². The Balaban J connectivity index is 1.76. The standard InChI is InChI=1S/C21H18ClN11O/c22-11-2-1-3-12-15(11)20(34)33(14-8-27-13(24)7-28-14)19(29-12)16(9-4-5-9)30-18-10(6-23)17(25)31-21(26)32-18/h1-3,7-9,16H,4-5H2,(H2,24,27)(H5,25,26,30,31,32). The van der Waals surface area contributed by atoms with E-state index < -0.39 is 11.6 Å². The Bertz CT molecular complexity index is 1520. The number of fused-ring (bicyclic) bond motifs is 1. The highest BCUT2D eigenvalue weighted by atomic mass is 35.5. The smallest absolute Gasteiger partial charge is 0.268 e. The Morgan fingerprint density at radius 1 is 1.15 bits per heavy atom. The molecule has 1 unspecified atom stereocenters. The Morgan fingerprint density at radius 3 is 2.62 bits per heavy atom. The summed E-state index contributed by atoms with van der Waals surface area (Å²) in [5.74, 6) is 0.882. The van der Waals surface area contributed by atoms with E-state index in [1.54, 1.807) is 18.2 Å². The van der Waals surface area contributed by atoms with Gasteiger partial charge in [-0.25, -0.2) is 19.5 Å². The van der Waals surface area contributed by atoms with Gasteiger partial charge in [-0.2, -0.15) is 15.2 Å². The predicted octanol–water partition coefficient (Wildman–Crippen LogP) is 1.80. The number of nitriles is 1. The molecule has 12 nitrogen and oxygen atoms in total. The second kappa shape index (κ2) is 8.13. The molecule has 1 atom stereocenters. The van der Waals surface area contributed by atoms with Gasteiger partial charge in [0.05, 0.1) is 34.4 Å². The normalized spacial score (nSPS) is 14.0. The second-order valence-electron chi connectivity index (χ2n) is 7.81. The largest absolute Gasteiger partial charge is 0.382 e. The molecule has 7 N–H and O–H groups in total. The summed E-state index contributed by atoms with van der Waals surface area (Å²) < 4.78 is 1.34. The number of nitrogen functional groups attached to an aromatic ring is 3. The van der Waals surface area contributed by atoms with Crippen LogP contribution < -0.4 is 28.1 Å². The van der Waals surface area contributed by atoms with Crippen LogP contribution in [0.2, 0.25) is 5.02 Å². The maximum Gasteiger partial charge on any atom is 0.268 e. The number of nitrogens with one attached hydrogen (secondary N) is 1. The fourth-order valence-corrected chi connectivity index (χ4v) is 4.01. The average molecular weight is 476 g/mol. The van der Waals surface area contributed by atoms with E-state index in [9.17, 15) is 10.1 Å². The fraction of sp³-hybridized carbons (Fsp3) is 0.190. The van der Waals surface area contributed by atoms with Crippen molar-refractivity contribution < 1.29 is 0 Å². The van der Waals surface area contributed by atoms with Crippen LogP contribution in [0.3, 0.4) is 0 Å². The van der Waals surface area contributed by atoms with Crippen LogP contribution in [0.1, 0.15) is 30.3 Å². The number of rotatable bonds is 5. The molecule has 1 fully saturated rings. The summed E-state index contributed by atoms with van der Waals surface area (Å²) in [6.07, 6.45) is 4.47. The molecule has 13 heteroatoms. The Kier molecular flexibility index (Phi) is 5.10. The zero-order chi connectivity index (χ0) is 24.0. The van der Waals surface area contributed by atoms with Crippen LogP contribution in [0.4, 0.5) is 23.4 Å². The number of hydrogen-bond acceptors (Lipinski definition) is 11. The number of benzene rings is 1. The van der Waals surface area contributed by atoms with Gasteiger partial charge in [0.15, 0.2) is 11.6 Å². The second-order valence-corrected chi connectivity index (χ2v) is 8.21. The van der Waals surface area contributed by atoms with Crippen molar-refractivity contribution in [1.29, 1.82) is 5.26 Å². The number of nitrogens with zero attached hydrogens (tertiary/aromatic N) is 7. The molecule has 1 aliphatic rings. The molecule has 0 bridgehead atoms. The van der Waals surface area contributed by atoms with Crippen molar-refractivity contribution in [2.45, 2.75) is 18.9 Å². The zero-order valence-corrected chi connectivity index (χ0v) is 18.4. The SMILES string of the molecule is N#Cc1c(N)nc(N)nc1NC(c1nc2cccc(Cl)c2c(=O)n1-c1cnc(N)cn1)C1CC1. The molecule has 170 valence electrons. The summed E-state index contributed by atoms with van der Waals surface area (Å²) in [6.45, 7) is 0. The molecule has 1 aliphatic carbocycles. The quantitative estimate of drug-likeness (QED) is 0.327. The van der Waals surface area contributed by atoms with Crippen LogP contribution in [0, 0.1) is 17.2 Å². The number of aromatic nitrogens is 6. The van der Waals surface area contributed by atoms with Gasteiger partial charge in [0.2, 0.25) is 5.95 Å². The predicted molar refractivity (Wildman–Crippen MR) is 127 cm³/mol. The van der Waals surface area contributed by atoms with E-state index in [4.69, 9.17) is 33.8 Å². The van der Waals surface area contributed by atoms with E-state index in [0.717, 1.165) is 12.8 Å². The Morgan fingerprint density at radius 2 is 1.94 bits per heavy atom. The van der Waals surface area contributed by atoms with E-state index >= 15 is 0 Å². The molecular weight excluding hydrogens is 458 g/mol. The third kappa shape index (κ3) is 3.67. The first-order valence-electron chi connectivity index (χ1n) is 10.3. The van der Waals surface area contributed by atoms with Crippen molar-refractivity contribution in [1.82, 2.24) is 29.5 Å². The number of anilines is 4. The number of nitrogens with two attached hydrogens (primary N) is 3. The first-order valence-corrected chi connectivity index (χ1v) is 10.6. The fourth-order valence-electron chi connectivity index (χ4n) is 3.76. The lowest BCUT2D eigenvalue weighted by Gasteiger charge is -2.23. The number of hydrogen-bond donors (Lipinski definition) is 4. The highest BCUT2D eigenvalue weighted by Gasteiger charge is 2.37. The maximum atomic E-state index is 13.7. The third-order valence-electron chi connectivity index (χ3n) is 5.49. The lowest BCUT2D eigenvalue weighted by atomic mass is 10.1.